The highest BCUT2D eigenvalue weighted by Crippen LogP contribution is 2.38. The summed E-state index contributed by atoms with van der Waals surface area (Å²) in [6, 6.07) is 18.0. The summed E-state index contributed by atoms with van der Waals surface area (Å²) in [5.74, 6) is 0.694. The molecule has 2 amide bonds. The van der Waals surface area contributed by atoms with Gasteiger partial charge in [-0.15, -0.1) is 0 Å². The van der Waals surface area contributed by atoms with E-state index in [2.05, 4.69) is 15.9 Å². The van der Waals surface area contributed by atoms with Gasteiger partial charge in [0.25, 0.3) is 11.1 Å². The van der Waals surface area contributed by atoms with Gasteiger partial charge in [-0.3, -0.25) is 14.5 Å². The monoisotopic (exact) mass is 577 g/mol. The molecule has 5 nitrogen and oxygen atoms in total. The Bertz CT molecular complexity index is 1260. The summed E-state index contributed by atoms with van der Waals surface area (Å²) in [4.78, 5) is 27.0. The summed E-state index contributed by atoms with van der Waals surface area (Å²) in [6.45, 7) is 0.518. The first-order chi connectivity index (χ1) is 16.3. The maximum absolute atomic E-state index is 12.9. The molecule has 1 fully saturated rings. The third-order valence-corrected chi connectivity index (χ3v) is 7.10. The van der Waals surface area contributed by atoms with E-state index in [1.807, 2.05) is 12.1 Å². The summed E-state index contributed by atoms with van der Waals surface area (Å²) < 4.78 is 12.1. The first-order valence-electron chi connectivity index (χ1n) is 10.1. The van der Waals surface area contributed by atoms with Crippen LogP contribution in [0.15, 0.2) is 70.0 Å². The largest absolute Gasteiger partial charge is 0.493 e. The van der Waals surface area contributed by atoms with Gasteiger partial charge >= 0.3 is 0 Å². The van der Waals surface area contributed by atoms with Gasteiger partial charge < -0.3 is 9.47 Å². The predicted octanol–water partition coefficient (Wildman–Crippen LogP) is 7.58. The molecule has 0 radical (unpaired) electrons. The molecule has 1 aliphatic rings. The fourth-order valence-corrected chi connectivity index (χ4v) is 4.74. The minimum absolute atomic E-state index is 0.182. The maximum Gasteiger partial charge on any atom is 0.293 e. The summed E-state index contributed by atoms with van der Waals surface area (Å²) >= 11 is 16.3. The SMILES string of the molecule is COc1cc(/C=C2\SC(=O)N(Cc3ccc(Cl)cc3)C2=O)c(Br)cc1OCc1ccc(Cl)cc1. The van der Waals surface area contributed by atoms with E-state index >= 15 is 0 Å². The van der Waals surface area contributed by atoms with Gasteiger partial charge in [0.15, 0.2) is 11.5 Å². The smallest absolute Gasteiger partial charge is 0.293 e. The van der Waals surface area contributed by atoms with Crippen LogP contribution in [0.1, 0.15) is 16.7 Å². The van der Waals surface area contributed by atoms with E-state index in [1.54, 1.807) is 61.7 Å². The highest BCUT2D eigenvalue weighted by Gasteiger charge is 2.35. The topological polar surface area (TPSA) is 55.8 Å². The molecule has 0 N–H and O–H groups in total. The van der Waals surface area contributed by atoms with Crippen LogP contribution in [0, 0.1) is 0 Å². The number of methoxy groups -OCH3 is 1. The molecular formula is C25H18BrCl2NO4S. The van der Waals surface area contributed by atoms with Crippen LogP contribution in [0.2, 0.25) is 10.0 Å². The Hall–Kier alpha value is -2.45. The zero-order valence-electron chi connectivity index (χ0n) is 17.9. The van der Waals surface area contributed by atoms with E-state index in [0.717, 1.165) is 22.9 Å². The van der Waals surface area contributed by atoms with Gasteiger partial charge in [0.05, 0.1) is 18.6 Å². The van der Waals surface area contributed by atoms with Gasteiger partial charge in [-0.25, -0.2) is 0 Å². The van der Waals surface area contributed by atoms with E-state index in [-0.39, 0.29) is 17.7 Å². The van der Waals surface area contributed by atoms with E-state index in [0.29, 0.717) is 43.1 Å². The lowest BCUT2D eigenvalue weighted by atomic mass is 10.1. The van der Waals surface area contributed by atoms with Crippen LogP contribution in [-0.4, -0.2) is 23.2 Å². The van der Waals surface area contributed by atoms with Crippen molar-refractivity contribution in [3.8, 4) is 11.5 Å². The van der Waals surface area contributed by atoms with Crippen LogP contribution in [0.5, 0.6) is 11.5 Å². The number of ether oxygens (including phenoxy) is 2. The molecule has 0 saturated carbocycles. The number of nitrogens with zero attached hydrogens (tertiary/aromatic N) is 1. The molecule has 1 aliphatic heterocycles. The second-order valence-corrected chi connectivity index (χ2v) is 10.1. The van der Waals surface area contributed by atoms with Crippen molar-refractivity contribution < 1.29 is 19.1 Å². The fourth-order valence-electron chi connectivity index (χ4n) is 3.23. The van der Waals surface area contributed by atoms with Gasteiger partial charge in [0, 0.05) is 14.5 Å². The molecule has 174 valence electrons. The normalized spacial score (nSPS) is 14.7. The van der Waals surface area contributed by atoms with Crippen LogP contribution < -0.4 is 9.47 Å². The molecule has 3 aromatic carbocycles. The van der Waals surface area contributed by atoms with Crippen molar-refractivity contribution in [2.75, 3.05) is 7.11 Å². The van der Waals surface area contributed by atoms with E-state index in [9.17, 15) is 9.59 Å². The number of benzene rings is 3. The molecule has 0 aliphatic carbocycles. The third kappa shape index (κ3) is 5.78. The Balaban J connectivity index is 1.52. The van der Waals surface area contributed by atoms with Crippen molar-refractivity contribution in [3.05, 3.63) is 96.8 Å². The number of hydrogen-bond donors (Lipinski definition) is 0. The average molecular weight is 579 g/mol. The Morgan fingerprint density at radius 3 is 2.18 bits per heavy atom. The highest BCUT2D eigenvalue weighted by atomic mass is 79.9. The average Bonchev–Trinajstić information content (AvgIpc) is 3.08. The zero-order valence-corrected chi connectivity index (χ0v) is 21.8. The molecule has 4 rings (SSSR count). The molecule has 3 aromatic rings. The number of hydrogen-bond acceptors (Lipinski definition) is 5. The number of carbonyl (C=O) groups is 2. The lowest BCUT2D eigenvalue weighted by Gasteiger charge is -2.13. The first kappa shape index (κ1) is 24.7. The van der Waals surface area contributed by atoms with Gasteiger partial charge in [0.2, 0.25) is 0 Å². The van der Waals surface area contributed by atoms with Gasteiger partial charge in [-0.05, 0) is 70.9 Å². The lowest BCUT2D eigenvalue weighted by Crippen LogP contribution is -2.27. The van der Waals surface area contributed by atoms with E-state index in [4.69, 9.17) is 32.7 Å². The second-order valence-electron chi connectivity index (χ2n) is 7.33. The second kappa shape index (κ2) is 10.9. The molecule has 1 saturated heterocycles. The van der Waals surface area contributed by atoms with Gasteiger partial charge in [-0.1, -0.05) is 63.4 Å². The van der Waals surface area contributed by atoms with E-state index in [1.165, 1.54) is 4.90 Å². The number of imide groups is 1. The van der Waals surface area contributed by atoms with Crippen molar-refractivity contribution in [3.63, 3.8) is 0 Å². The summed E-state index contributed by atoms with van der Waals surface area (Å²) in [5, 5.41) is 0.931. The summed E-state index contributed by atoms with van der Waals surface area (Å²) in [6.07, 6.45) is 1.67. The molecule has 0 unspecified atom stereocenters. The number of rotatable bonds is 7. The van der Waals surface area contributed by atoms with Crippen LogP contribution in [-0.2, 0) is 17.9 Å². The number of amides is 2. The van der Waals surface area contributed by atoms with Crippen molar-refractivity contribution in [1.29, 1.82) is 0 Å². The molecule has 0 aromatic heterocycles. The molecule has 34 heavy (non-hydrogen) atoms. The lowest BCUT2D eigenvalue weighted by molar-refractivity contribution is -0.123. The van der Waals surface area contributed by atoms with Crippen LogP contribution >= 0.6 is 50.9 Å². The Labute approximate surface area is 219 Å². The number of thioether (sulfide) groups is 1. The minimum Gasteiger partial charge on any atom is -0.493 e. The minimum atomic E-state index is -0.348. The highest BCUT2D eigenvalue weighted by molar-refractivity contribution is 9.10. The first-order valence-corrected chi connectivity index (χ1v) is 12.4. The fraction of sp³-hybridized carbons (Fsp3) is 0.120. The summed E-state index contributed by atoms with van der Waals surface area (Å²) in [7, 11) is 1.54. The van der Waals surface area contributed by atoms with E-state index < -0.39 is 0 Å². The third-order valence-electron chi connectivity index (χ3n) is 5.00. The predicted molar refractivity (Wildman–Crippen MR) is 139 cm³/mol. The molecule has 9 heteroatoms. The molecular weight excluding hydrogens is 561 g/mol. The van der Waals surface area contributed by atoms with Gasteiger partial charge in [-0.2, -0.15) is 0 Å². The Kier molecular flexibility index (Phi) is 7.88. The zero-order chi connectivity index (χ0) is 24.2. The molecule has 0 spiro atoms. The van der Waals surface area contributed by atoms with Crippen LogP contribution in [0.4, 0.5) is 4.79 Å². The van der Waals surface area contributed by atoms with Crippen molar-refractivity contribution in [2.24, 2.45) is 0 Å². The van der Waals surface area contributed by atoms with Crippen molar-refractivity contribution in [1.82, 2.24) is 4.90 Å². The van der Waals surface area contributed by atoms with Crippen LogP contribution in [0.3, 0.4) is 0 Å². The molecule has 0 atom stereocenters. The molecule has 1 heterocycles. The van der Waals surface area contributed by atoms with Gasteiger partial charge in [0.1, 0.15) is 6.61 Å². The van der Waals surface area contributed by atoms with Crippen LogP contribution in [0.25, 0.3) is 6.08 Å². The molecule has 0 bridgehead atoms. The number of halogens is 3. The Morgan fingerprint density at radius 2 is 1.56 bits per heavy atom. The quantitative estimate of drug-likeness (QED) is 0.270. The van der Waals surface area contributed by atoms with Crippen molar-refractivity contribution in [2.45, 2.75) is 13.2 Å². The standard InChI is InChI=1S/C25H18BrCl2NO4S/c1-32-21-10-17(20(26)12-22(21)33-14-16-4-8-19(28)9-5-16)11-23-24(30)29(25(31)34-23)13-15-2-6-18(27)7-3-15/h2-12H,13-14H2,1H3/b23-11-. The number of carbonyl (C=O) groups excluding carboxylic acids is 2. The Morgan fingerprint density at radius 1 is 0.941 bits per heavy atom. The maximum atomic E-state index is 12.9. The van der Waals surface area contributed by atoms with Crippen molar-refractivity contribution >= 4 is 68.1 Å². The summed E-state index contributed by atoms with van der Waals surface area (Å²) in [5.41, 5.74) is 2.46.